The molecule has 0 unspecified atom stereocenters. The number of pyridine rings is 1. The lowest BCUT2D eigenvalue weighted by atomic mass is 9.97. The summed E-state index contributed by atoms with van der Waals surface area (Å²) < 4.78 is 0. The summed E-state index contributed by atoms with van der Waals surface area (Å²) >= 11 is 0. The van der Waals surface area contributed by atoms with Crippen LogP contribution in [0.25, 0.3) is 21.8 Å². The van der Waals surface area contributed by atoms with Crippen LogP contribution >= 0.6 is 0 Å². The van der Waals surface area contributed by atoms with Crippen LogP contribution in [0.2, 0.25) is 0 Å². The van der Waals surface area contributed by atoms with Crippen LogP contribution in [-0.4, -0.2) is 36.3 Å². The first-order valence-electron chi connectivity index (χ1n) is 7.53. The molecule has 1 heterocycles. The van der Waals surface area contributed by atoms with E-state index in [1.165, 1.54) is 0 Å². The normalized spacial score (nSPS) is 11.5. The van der Waals surface area contributed by atoms with Crippen molar-refractivity contribution in [3.63, 3.8) is 0 Å². The molecule has 0 N–H and O–H groups in total. The van der Waals surface area contributed by atoms with Crippen LogP contribution in [0.4, 0.5) is 0 Å². The zero-order valence-electron chi connectivity index (χ0n) is 13.3. The van der Waals surface area contributed by atoms with Gasteiger partial charge in [-0.05, 0) is 38.7 Å². The van der Waals surface area contributed by atoms with Crippen LogP contribution in [-0.2, 0) is 0 Å². The van der Waals surface area contributed by atoms with Crippen LogP contribution in [0.1, 0.15) is 22.3 Å². The van der Waals surface area contributed by atoms with Gasteiger partial charge in [-0.15, -0.1) is 0 Å². The van der Waals surface area contributed by atoms with E-state index in [0.717, 1.165) is 39.5 Å². The number of aromatic nitrogens is 1. The lowest BCUT2D eigenvalue weighted by Gasteiger charge is -2.12. The molecule has 0 spiro atoms. The van der Waals surface area contributed by atoms with E-state index in [1.54, 1.807) is 0 Å². The molecule has 0 radical (unpaired) electrons. The van der Waals surface area contributed by atoms with E-state index < -0.39 is 0 Å². The number of hydrogen-bond donors (Lipinski definition) is 0. The highest BCUT2D eigenvalue weighted by molar-refractivity contribution is 6.09. The summed E-state index contributed by atoms with van der Waals surface area (Å²) in [5.74, 6) is 0.166. The number of fused-ring (bicyclic) bond motifs is 2. The van der Waals surface area contributed by atoms with Crippen molar-refractivity contribution in [1.29, 1.82) is 0 Å². The number of carbonyl (C=O) groups excluding carboxylic acids is 1. The van der Waals surface area contributed by atoms with Gasteiger partial charge in [0.25, 0.3) is 0 Å². The summed E-state index contributed by atoms with van der Waals surface area (Å²) in [6.45, 7) is 2.74. The van der Waals surface area contributed by atoms with E-state index in [2.05, 4.69) is 12.1 Å². The van der Waals surface area contributed by atoms with Gasteiger partial charge in [0.1, 0.15) is 0 Å². The van der Waals surface area contributed by atoms with E-state index in [9.17, 15) is 4.79 Å². The summed E-state index contributed by atoms with van der Waals surface area (Å²) in [4.78, 5) is 19.4. The maximum atomic E-state index is 12.7. The van der Waals surface area contributed by atoms with Crippen molar-refractivity contribution < 1.29 is 4.79 Å². The zero-order chi connectivity index (χ0) is 15.7. The molecule has 2 aromatic carbocycles. The van der Waals surface area contributed by atoms with Crippen molar-refractivity contribution in [2.75, 3.05) is 20.6 Å². The lowest BCUT2D eigenvalue weighted by Crippen LogP contribution is -2.17. The first kappa shape index (κ1) is 14.7. The predicted molar refractivity (Wildman–Crippen MR) is 91.5 cm³/mol. The van der Waals surface area contributed by atoms with Gasteiger partial charge in [-0.25, -0.2) is 4.98 Å². The summed E-state index contributed by atoms with van der Waals surface area (Å²) in [5, 5.41) is 2.13. The number of hydrogen-bond acceptors (Lipinski definition) is 3. The number of rotatable bonds is 4. The van der Waals surface area contributed by atoms with Gasteiger partial charge >= 0.3 is 0 Å². The molecular formula is C19H20N2O. The van der Waals surface area contributed by atoms with Crippen LogP contribution in [0.15, 0.2) is 42.5 Å². The standard InChI is InChI=1S/C19H20N2O/c1-13-8-9-15-12-14-6-4-5-7-16(14)20-19(15)18(13)17(22)10-11-21(2)3/h4-9,12H,10-11H2,1-3H3. The molecule has 22 heavy (non-hydrogen) atoms. The number of benzene rings is 2. The van der Waals surface area contributed by atoms with Gasteiger partial charge in [-0.1, -0.05) is 30.3 Å². The van der Waals surface area contributed by atoms with Crippen molar-refractivity contribution in [1.82, 2.24) is 9.88 Å². The molecule has 3 aromatic rings. The Kier molecular flexibility index (Phi) is 3.90. The first-order chi connectivity index (χ1) is 10.6. The quantitative estimate of drug-likeness (QED) is 0.541. The number of carbonyl (C=O) groups is 1. The van der Waals surface area contributed by atoms with Gasteiger partial charge in [0.15, 0.2) is 5.78 Å². The van der Waals surface area contributed by atoms with E-state index in [4.69, 9.17) is 4.98 Å². The Morgan fingerprint density at radius 2 is 1.86 bits per heavy atom. The van der Waals surface area contributed by atoms with Crippen molar-refractivity contribution in [3.8, 4) is 0 Å². The van der Waals surface area contributed by atoms with Gasteiger partial charge in [0.05, 0.1) is 11.0 Å². The van der Waals surface area contributed by atoms with Crippen molar-refractivity contribution in [2.45, 2.75) is 13.3 Å². The number of para-hydroxylation sites is 1. The largest absolute Gasteiger partial charge is 0.309 e. The molecule has 0 fully saturated rings. The van der Waals surface area contributed by atoms with Crippen molar-refractivity contribution in [3.05, 3.63) is 53.6 Å². The molecule has 0 aliphatic rings. The summed E-state index contributed by atoms with van der Waals surface area (Å²) in [6, 6.07) is 14.2. The van der Waals surface area contributed by atoms with Crippen LogP contribution in [0.5, 0.6) is 0 Å². The number of aryl methyl sites for hydroxylation is 1. The molecular weight excluding hydrogens is 272 g/mol. The molecule has 0 aliphatic carbocycles. The van der Waals surface area contributed by atoms with Gasteiger partial charge in [-0.2, -0.15) is 0 Å². The van der Waals surface area contributed by atoms with Crippen LogP contribution in [0.3, 0.4) is 0 Å². The fourth-order valence-corrected chi connectivity index (χ4v) is 2.75. The first-order valence-corrected chi connectivity index (χ1v) is 7.53. The predicted octanol–water partition coefficient (Wildman–Crippen LogP) is 3.83. The highest BCUT2D eigenvalue weighted by Gasteiger charge is 2.15. The van der Waals surface area contributed by atoms with Crippen molar-refractivity contribution in [2.24, 2.45) is 0 Å². The fourth-order valence-electron chi connectivity index (χ4n) is 2.75. The Morgan fingerprint density at radius 1 is 1.09 bits per heavy atom. The average Bonchev–Trinajstić information content (AvgIpc) is 2.50. The van der Waals surface area contributed by atoms with Gasteiger partial charge in [0, 0.05) is 29.3 Å². The molecule has 0 bridgehead atoms. The fraction of sp³-hybridized carbons (Fsp3) is 0.263. The number of ketones is 1. The van der Waals surface area contributed by atoms with E-state index in [1.807, 2.05) is 56.3 Å². The maximum Gasteiger partial charge on any atom is 0.166 e. The number of nitrogens with zero attached hydrogens (tertiary/aromatic N) is 2. The summed E-state index contributed by atoms with van der Waals surface area (Å²) in [6.07, 6.45) is 0.515. The Balaban J connectivity index is 2.17. The smallest absolute Gasteiger partial charge is 0.166 e. The molecule has 0 saturated carbocycles. The van der Waals surface area contributed by atoms with Crippen molar-refractivity contribution >= 4 is 27.6 Å². The highest BCUT2D eigenvalue weighted by atomic mass is 16.1. The monoisotopic (exact) mass is 292 g/mol. The summed E-state index contributed by atoms with van der Waals surface area (Å²) in [5.41, 5.74) is 3.52. The Bertz CT molecular complexity index is 853. The number of Topliss-reactive ketones (excluding diaryl/α,β-unsaturated/α-hetero) is 1. The van der Waals surface area contributed by atoms with Gasteiger partial charge in [0.2, 0.25) is 0 Å². The molecule has 0 aliphatic heterocycles. The van der Waals surface area contributed by atoms with Crippen LogP contribution in [0, 0.1) is 6.92 Å². The minimum absolute atomic E-state index is 0.166. The van der Waals surface area contributed by atoms with Crippen LogP contribution < -0.4 is 0 Å². The highest BCUT2D eigenvalue weighted by Crippen LogP contribution is 2.25. The Hall–Kier alpha value is -2.26. The third kappa shape index (κ3) is 2.72. The molecule has 3 rings (SSSR count). The third-order valence-corrected chi connectivity index (χ3v) is 3.96. The van der Waals surface area contributed by atoms with Gasteiger partial charge in [-0.3, -0.25) is 4.79 Å². The Labute approximate surface area is 130 Å². The SMILES string of the molecule is Cc1ccc2cc3ccccc3nc2c1C(=O)CCN(C)C. The molecule has 3 nitrogen and oxygen atoms in total. The minimum Gasteiger partial charge on any atom is -0.309 e. The average molecular weight is 292 g/mol. The molecule has 0 atom stereocenters. The third-order valence-electron chi connectivity index (χ3n) is 3.96. The second-order valence-corrected chi connectivity index (χ2v) is 5.99. The second-order valence-electron chi connectivity index (χ2n) is 5.99. The zero-order valence-corrected chi connectivity index (χ0v) is 13.3. The lowest BCUT2D eigenvalue weighted by molar-refractivity contribution is 0.0973. The molecule has 0 saturated heterocycles. The van der Waals surface area contributed by atoms with Gasteiger partial charge < -0.3 is 4.90 Å². The summed E-state index contributed by atoms with van der Waals surface area (Å²) in [7, 11) is 3.96. The molecule has 3 heteroatoms. The topological polar surface area (TPSA) is 33.2 Å². The Morgan fingerprint density at radius 3 is 2.64 bits per heavy atom. The molecule has 0 amide bonds. The van der Waals surface area contributed by atoms with E-state index in [-0.39, 0.29) is 5.78 Å². The molecule has 112 valence electrons. The van der Waals surface area contributed by atoms with E-state index >= 15 is 0 Å². The molecule has 1 aromatic heterocycles. The minimum atomic E-state index is 0.166. The van der Waals surface area contributed by atoms with E-state index in [0.29, 0.717) is 6.42 Å². The second kappa shape index (κ2) is 5.85. The maximum absolute atomic E-state index is 12.7.